The highest BCUT2D eigenvalue weighted by Crippen LogP contribution is 3.01. The molecule has 20 heavy (non-hydrogen) atoms. The second kappa shape index (κ2) is 4.72. The van der Waals surface area contributed by atoms with Crippen molar-refractivity contribution in [3.63, 3.8) is 0 Å². The third-order valence-electron chi connectivity index (χ3n) is 3.81. The van der Waals surface area contributed by atoms with Gasteiger partial charge in [0.15, 0.2) is 17.2 Å². The van der Waals surface area contributed by atoms with Crippen LogP contribution in [-0.2, 0) is 0 Å². The molecule has 0 atom stereocenters. The fraction of sp³-hybridized carbons (Fsp3) is 0.222. The largest absolute Gasteiger partial charge is 0.192 e. The molecule has 0 saturated carbocycles. The first-order chi connectivity index (χ1) is 9.46. The number of hydrogen-bond donors (Lipinski definition) is 0. The minimum absolute atomic E-state index is 0.102. The van der Waals surface area contributed by atoms with Crippen LogP contribution in [0.2, 0.25) is 0 Å². The topological polar surface area (TPSA) is 0 Å². The van der Waals surface area contributed by atoms with Crippen LogP contribution in [0.5, 0.6) is 0 Å². The molecule has 1 heterocycles. The predicted molar refractivity (Wildman–Crippen MR) is 92.2 cm³/mol. The van der Waals surface area contributed by atoms with Crippen molar-refractivity contribution in [2.45, 2.75) is 25.9 Å². The lowest BCUT2D eigenvalue weighted by atomic mass is 10.1. The van der Waals surface area contributed by atoms with Crippen LogP contribution in [0.3, 0.4) is 0 Å². The Morgan fingerprint density at radius 2 is 1.05 bits per heavy atom. The highest BCUT2D eigenvalue weighted by Gasteiger charge is 2.71. The number of benzene rings is 2. The molecule has 1 aliphatic heterocycles. The van der Waals surface area contributed by atoms with Crippen molar-refractivity contribution in [3.05, 3.63) is 71.8 Å². The van der Waals surface area contributed by atoms with E-state index >= 15 is 0 Å². The summed E-state index contributed by atoms with van der Waals surface area (Å²) in [6.07, 6.45) is 0. The summed E-state index contributed by atoms with van der Waals surface area (Å²) in [4.78, 5) is 0. The first-order valence-electron chi connectivity index (χ1n) is 6.91. The zero-order valence-electron chi connectivity index (χ0n) is 12.1. The molecular formula is C18H19ClP+. The Bertz CT molecular complexity index is 601. The molecule has 0 fully saturated rings. The Morgan fingerprint density at radius 3 is 1.35 bits per heavy atom. The molecule has 2 heteroatoms. The summed E-state index contributed by atoms with van der Waals surface area (Å²) in [5.74, 6) is 0. The SMILES string of the molecule is CC(C)(C)[P+]1(Cl)C(c2ccccc2)=C1c1ccccc1. The van der Waals surface area contributed by atoms with Crippen molar-refractivity contribution < 1.29 is 0 Å². The van der Waals surface area contributed by atoms with E-state index in [9.17, 15) is 0 Å². The standard InChI is InChI=1S/C18H19ClP/c1-18(2,3)20(19)16(14-10-6-4-7-11-14)17(20)15-12-8-5-9-13-15/h4-13H,1-3H3/q+1. The predicted octanol–water partition coefficient (Wildman–Crippen LogP) is 6.50. The van der Waals surface area contributed by atoms with Crippen molar-refractivity contribution in [1.29, 1.82) is 0 Å². The Labute approximate surface area is 126 Å². The van der Waals surface area contributed by atoms with E-state index in [1.54, 1.807) is 0 Å². The molecule has 0 aliphatic carbocycles. The summed E-state index contributed by atoms with van der Waals surface area (Å²) < 4.78 is 0. The summed E-state index contributed by atoms with van der Waals surface area (Å²) in [5.41, 5.74) is 2.56. The van der Waals surface area contributed by atoms with Crippen molar-refractivity contribution in [1.82, 2.24) is 0 Å². The highest BCUT2D eigenvalue weighted by atomic mass is 35.7. The van der Waals surface area contributed by atoms with Crippen molar-refractivity contribution in [2.75, 3.05) is 0 Å². The first-order valence-corrected chi connectivity index (χ1v) is 9.61. The third-order valence-corrected chi connectivity index (χ3v) is 10.2. The Balaban J connectivity index is 2.14. The molecule has 0 aromatic heterocycles. The molecule has 0 nitrogen and oxygen atoms in total. The van der Waals surface area contributed by atoms with Crippen molar-refractivity contribution in [3.8, 4) is 0 Å². The molecular weight excluding hydrogens is 283 g/mol. The van der Waals surface area contributed by atoms with Gasteiger partial charge in [-0.1, -0.05) is 60.7 Å². The molecule has 3 rings (SSSR count). The molecule has 2 aromatic rings. The maximum atomic E-state index is 7.16. The van der Waals surface area contributed by atoms with Gasteiger partial charge in [-0.15, -0.1) is 0 Å². The summed E-state index contributed by atoms with van der Waals surface area (Å²) in [5, 5.41) is 2.88. The third kappa shape index (κ3) is 2.03. The van der Waals surface area contributed by atoms with E-state index in [0.29, 0.717) is 0 Å². The quantitative estimate of drug-likeness (QED) is 0.556. The zero-order valence-corrected chi connectivity index (χ0v) is 13.7. The van der Waals surface area contributed by atoms with Crippen LogP contribution in [0.15, 0.2) is 60.7 Å². The Hall–Kier alpha value is -1.10. The van der Waals surface area contributed by atoms with Crippen LogP contribution < -0.4 is 0 Å². The summed E-state index contributed by atoms with van der Waals surface area (Å²) in [6.45, 7) is 5.06. The number of rotatable bonds is 2. The Morgan fingerprint density at radius 1 is 0.700 bits per heavy atom. The van der Waals surface area contributed by atoms with Gasteiger partial charge in [0.05, 0.1) is 16.4 Å². The van der Waals surface area contributed by atoms with E-state index < -0.39 is 6.62 Å². The van der Waals surface area contributed by atoms with E-state index in [-0.39, 0.29) is 5.16 Å². The first kappa shape index (κ1) is 13.9. The van der Waals surface area contributed by atoms with Gasteiger partial charge in [-0.05, 0) is 20.8 Å². The lowest BCUT2D eigenvalue weighted by Gasteiger charge is -2.19. The highest BCUT2D eigenvalue weighted by molar-refractivity contribution is 8.22. The van der Waals surface area contributed by atoms with E-state index in [2.05, 4.69) is 81.4 Å². The molecule has 0 N–H and O–H groups in total. The maximum absolute atomic E-state index is 7.16. The fourth-order valence-electron chi connectivity index (χ4n) is 2.72. The van der Waals surface area contributed by atoms with E-state index in [1.165, 1.54) is 21.8 Å². The molecule has 0 amide bonds. The minimum atomic E-state index is -1.71. The zero-order chi connectivity index (χ0) is 14.4. The monoisotopic (exact) mass is 301 g/mol. The average Bonchev–Trinajstić information content (AvgIpc) is 3.08. The minimum Gasteiger partial charge on any atom is -0.0622 e. The van der Waals surface area contributed by atoms with E-state index in [1.807, 2.05) is 0 Å². The van der Waals surface area contributed by atoms with Crippen LogP contribution in [0.4, 0.5) is 0 Å². The van der Waals surface area contributed by atoms with Gasteiger partial charge in [0.1, 0.15) is 0 Å². The van der Waals surface area contributed by atoms with Crippen LogP contribution in [-0.4, -0.2) is 5.16 Å². The van der Waals surface area contributed by atoms with Gasteiger partial charge in [0.25, 0.3) is 0 Å². The average molecular weight is 302 g/mol. The van der Waals surface area contributed by atoms with Crippen LogP contribution in [0.1, 0.15) is 31.9 Å². The van der Waals surface area contributed by atoms with Gasteiger partial charge in [-0.3, -0.25) is 0 Å². The maximum Gasteiger partial charge on any atom is 0.192 e. The van der Waals surface area contributed by atoms with Gasteiger partial charge < -0.3 is 0 Å². The molecule has 2 aromatic carbocycles. The molecule has 0 unspecified atom stereocenters. The van der Waals surface area contributed by atoms with Crippen LogP contribution in [0.25, 0.3) is 10.6 Å². The second-order valence-corrected chi connectivity index (χ2v) is 11.1. The van der Waals surface area contributed by atoms with Crippen LogP contribution >= 0.6 is 17.9 Å². The number of halogens is 1. The van der Waals surface area contributed by atoms with Crippen LogP contribution in [0, 0.1) is 0 Å². The summed E-state index contributed by atoms with van der Waals surface area (Å²) in [6, 6.07) is 21.2. The Kier molecular flexibility index (Phi) is 3.27. The molecule has 0 radical (unpaired) electrons. The normalized spacial score (nSPS) is 17.2. The van der Waals surface area contributed by atoms with Crippen molar-refractivity contribution in [2.24, 2.45) is 0 Å². The van der Waals surface area contributed by atoms with Gasteiger partial charge in [0.2, 0.25) is 0 Å². The molecule has 0 bridgehead atoms. The van der Waals surface area contributed by atoms with E-state index in [0.717, 1.165) is 0 Å². The van der Waals surface area contributed by atoms with Crippen molar-refractivity contribution >= 4 is 28.5 Å². The summed E-state index contributed by atoms with van der Waals surface area (Å²) >= 11 is 7.16. The second-order valence-electron chi connectivity index (χ2n) is 6.19. The lowest BCUT2D eigenvalue weighted by molar-refractivity contribution is 0.793. The van der Waals surface area contributed by atoms with Gasteiger partial charge >= 0.3 is 0 Å². The van der Waals surface area contributed by atoms with Gasteiger partial charge in [0, 0.05) is 11.1 Å². The lowest BCUT2D eigenvalue weighted by Crippen LogP contribution is -2.10. The number of hydrogen-bond acceptors (Lipinski definition) is 0. The fourth-order valence-corrected chi connectivity index (χ4v) is 7.22. The van der Waals surface area contributed by atoms with Gasteiger partial charge in [-0.25, -0.2) is 0 Å². The molecule has 102 valence electrons. The molecule has 1 aliphatic rings. The van der Waals surface area contributed by atoms with Gasteiger partial charge in [-0.2, -0.15) is 0 Å². The van der Waals surface area contributed by atoms with E-state index in [4.69, 9.17) is 11.2 Å². The summed E-state index contributed by atoms with van der Waals surface area (Å²) in [7, 11) is 0. The smallest absolute Gasteiger partial charge is 0.0622 e. The molecule has 0 spiro atoms. The molecule has 0 saturated heterocycles.